The van der Waals surface area contributed by atoms with Gasteiger partial charge in [0, 0.05) is 0 Å². The van der Waals surface area contributed by atoms with E-state index in [0.29, 0.717) is 12.8 Å². The molecule has 0 spiro atoms. The van der Waals surface area contributed by atoms with E-state index in [9.17, 15) is 9.00 Å². The number of aliphatic carboxylic acids is 1. The summed E-state index contributed by atoms with van der Waals surface area (Å²) in [7, 11) is 0. The average Bonchev–Trinajstić information content (AvgIpc) is 2.40. The van der Waals surface area contributed by atoms with E-state index < -0.39 is 17.0 Å². The van der Waals surface area contributed by atoms with Gasteiger partial charge in [-0.2, -0.15) is 0 Å². The van der Waals surface area contributed by atoms with Crippen molar-refractivity contribution in [1.29, 1.82) is 0 Å². The van der Waals surface area contributed by atoms with Crippen LogP contribution in [-0.4, -0.2) is 26.6 Å². The van der Waals surface area contributed by atoms with Gasteiger partial charge in [0.05, 0.1) is 17.3 Å². The zero-order valence-corrected chi connectivity index (χ0v) is 11.5. The molecule has 0 aromatic heterocycles. The summed E-state index contributed by atoms with van der Waals surface area (Å²) in [5, 5.41) is 9.11. The zero-order valence-electron chi connectivity index (χ0n) is 10.7. The molecular formula is C13H22O4S. The highest BCUT2D eigenvalue weighted by Crippen LogP contribution is 2.29. The standard InChI is InChI=1S/C13H22O4S/c14-13(15)10-6-8-11(9-7-10)17-18(16)12-4-2-1-3-5-12/h10-12H,1-9H2,(H,14,15). The van der Waals surface area contributed by atoms with Crippen molar-refractivity contribution in [2.24, 2.45) is 5.92 Å². The molecule has 2 saturated carbocycles. The summed E-state index contributed by atoms with van der Waals surface area (Å²) in [6.45, 7) is 0. The Hall–Kier alpha value is -0.420. The van der Waals surface area contributed by atoms with Gasteiger partial charge < -0.3 is 5.11 Å². The van der Waals surface area contributed by atoms with E-state index in [0.717, 1.165) is 38.5 Å². The topological polar surface area (TPSA) is 63.6 Å². The first kappa shape index (κ1) is 14.0. The van der Waals surface area contributed by atoms with E-state index in [1.54, 1.807) is 0 Å². The molecule has 0 heterocycles. The lowest BCUT2D eigenvalue weighted by Crippen LogP contribution is -2.29. The molecule has 2 rings (SSSR count). The molecule has 0 aromatic carbocycles. The van der Waals surface area contributed by atoms with E-state index >= 15 is 0 Å². The minimum atomic E-state index is -1.17. The van der Waals surface area contributed by atoms with Crippen LogP contribution in [0, 0.1) is 5.92 Å². The van der Waals surface area contributed by atoms with E-state index in [4.69, 9.17) is 9.29 Å². The van der Waals surface area contributed by atoms with Crippen molar-refractivity contribution in [3.05, 3.63) is 0 Å². The minimum absolute atomic E-state index is 0.00311. The number of carboxylic acid groups (broad SMARTS) is 1. The van der Waals surface area contributed by atoms with Crippen molar-refractivity contribution in [3.8, 4) is 0 Å². The first-order valence-corrected chi connectivity index (χ1v) is 8.11. The molecule has 0 aromatic rings. The van der Waals surface area contributed by atoms with Gasteiger partial charge in [0.25, 0.3) is 0 Å². The number of hydrogen-bond acceptors (Lipinski definition) is 3. The Kier molecular flexibility index (Phi) is 5.18. The van der Waals surface area contributed by atoms with Gasteiger partial charge in [-0.1, -0.05) is 19.3 Å². The van der Waals surface area contributed by atoms with Crippen molar-refractivity contribution in [2.45, 2.75) is 69.1 Å². The predicted octanol–water partition coefficient (Wildman–Crippen LogP) is 2.64. The Morgan fingerprint density at radius 3 is 2.17 bits per heavy atom. The Bertz CT molecular complexity index is 304. The van der Waals surface area contributed by atoms with Gasteiger partial charge >= 0.3 is 5.97 Å². The first-order valence-electron chi connectivity index (χ1n) is 6.97. The molecule has 104 valence electrons. The van der Waals surface area contributed by atoms with Gasteiger partial charge in [-0.15, -0.1) is 0 Å². The Balaban J connectivity index is 1.73. The molecule has 1 N–H and O–H groups in total. The zero-order chi connectivity index (χ0) is 13.0. The van der Waals surface area contributed by atoms with Gasteiger partial charge in [0.1, 0.15) is 0 Å². The summed E-state index contributed by atoms with van der Waals surface area (Å²) in [6, 6.07) is 0. The molecule has 0 bridgehead atoms. The van der Waals surface area contributed by atoms with Gasteiger partial charge in [0.15, 0.2) is 11.1 Å². The van der Waals surface area contributed by atoms with Crippen LogP contribution in [0.15, 0.2) is 0 Å². The third-order valence-electron chi connectivity index (χ3n) is 4.08. The highest BCUT2D eigenvalue weighted by atomic mass is 32.2. The predicted molar refractivity (Wildman–Crippen MR) is 69.5 cm³/mol. The van der Waals surface area contributed by atoms with E-state index in [1.165, 1.54) is 6.42 Å². The molecule has 0 radical (unpaired) electrons. The highest BCUT2D eigenvalue weighted by Gasteiger charge is 2.29. The van der Waals surface area contributed by atoms with Crippen LogP contribution in [0.4, 0.5) is 0 Å². The number of hydrogen-bond donors (Lipinski definition) is 1. The van der Waals surface area contributed by atoms with Crippen LogP contribution in [0.3, 0.4) is 0 Å². The molecule has 4 nitrogen and oxygen atoms in total. The molecule has 2 fully saturated rings. The van der Waals surface area contributed by atoms with Crippen LogP contribution < -0.4 is 0 Å². The molecule has 0 saturated heterocycles. The lowest BCUT2D eigenvalue weighted by molar-refractivity contribution is -0.143. The summed E-state index contributed by atoms with van der Waals surface area (Å²) in [4.78, 5) is 10.8. The lowest BCUT2D eigenvalue weighted by Gasteiger charge is -2.28. The number of carboxylic acids is 1. The second-order valence-corrected chi connectivity index (χ2v) is 6.81. The quantitative estimate of drug-likeness (QED) is 0.856. The maximum Gasteiger partial charge on any atom is 0.306 e. The van der Waals surface area contributed by atoms with Gasteiger partial charge in [-0.3, -0.25) is 8.98 Å². The molecule has 0 amide bonds. The molecular weight excluding hydrogens is 252 g/mol. The molecule has 1 unspecified atom stereocenters. The third kappa shape index (κ3) is 3.79. The van der Waals surface area contributed by atoms with Gasteiger partial charge in [-0.05, 0) is 38.5 Å². The Morgan fingerprint density at radius 1 is 1.00 bits per heavy atom. The fourth-order valence-electron chi connectivity index (χ4n) is 2.88. The SMILES string of the molecule is O=C(O)C1CCC(OS(=O)C2CCCCC2)CC1. The van der Waals surface area contributed by atoms with E-state index in [-0.39, 0.29) is 17.3 Å². The minimum Gasteiger partial charge on any atom is -0.481 e. The van der Waals surface area contributed by atoms with Crippen molar-refractivity contribution in [1.82, 2.24) is 0 Å². The van der Waals surface area contributed by atoms with Crippen LogP contribution in [0.25, 0.3) is 0 Å². The third-order valence-corrected chi connectivity index (χ3v) is 5.56. The average molecular weight is 274 g/mol. The monoisotopic (exact) mass is 274 g/mol. The van der Waals surface area contributed by atoms with Gasteiger partial charge in [0.2, 0.25) is 0 Å². The fraction of sp³-hybridized carbons (Fsp3) is 0.923. The summed E-state index contributed by atoms with van der Waals surface area (Å²) in [5.41, 5.74) is 0. The van der Waals surface area contributed by atoms with Crippen molar-refractivity contribution >= 4 is 17.0 Å². The van der Waals surface area contributed by atoms with E-state index in [2.05, 4.69) is 0 Å². The summed E-state index contributed by atoms with van der Waals surface area (Å²) in [6.07, 6.45) is 8.36. The first-order chi connectivity index (χ1) is 8.66. The number of rotatable bonds is 4. The van der Waals surface area contributed by atoms with Crippen molar-refractivity contribution in [2.75, 3.05) is 0 Å². The van der Waals surface area contributed by atoms with Crippen LogP contribution in [-0.2, 0) is 20.1 Å². The normalized spacial score (nSPS) is 32.0. The molecule has 5 heteroatoms. The van der Waals surface area contributed by atoms with Gasteiger partial charge in [-0.25, -0.2) is 4.21 Å². The van der Waals surface area contributed by atoms with Crippen LogP contribution >= 0.6 is 0 Å². The fourth-order valence-corrected chi connectivity index (χ4v) is 4.21. The van der Waals surface area contributed by atoms with Crippen LogP contribution in [0.5, 0.6) is 0 Å². The molecule has 2 aliphatic carbocycles. The van der Waals surface area contributed by atoms with Crippen molar-refractivity contribution < 1.29 is 18.3 Å². The van der Waals surface area contributed by atoms with Crippen LogP contribution in [0.1, 0.15) is 57.8 Å². The summed E-state index contributed by atoms with van der Waals surface area (Å²) < 4.78 is 17.7. The van der Waals surface area contributed by atoms with Crippen LogP contribution in [0.2, 0.25) is 0 Å². The Labute approximate surface area is 111 Å². The lowest BCUT2D eigenvalue weighted by atomic mass is 9.88. The molecule has 0 aliphatic heterocycles. The summed E-state index contributed by atoms with van der Waals surface area (Å²) in [5.74, 6) is -0.935. The van der Waals surface area contributed by atoms with E-state index in [1.807, 2.05) is 0 Å². The van der Waals surface area contributed by atoms with Crippen molar-refractivity contribution in [3.63, 3.8) is 0 Å². The molecule has 18 heavy (non-hydrogen) atoms. The Morgan fingerprint density at radius 2 is 1.61 bits per heavy atom. The second-order valence-electron chi connectivity index (χ2n) is 5.43. The second kappa shape index (κ2) is 6.66. The molecule has 2 aliphatic rings. The highest BCUT2D eigenvalue weighted by molar-refractivity contribution is 7.80. The largest absolute Gasteiger partial charge is 0.481 e. The maximum atomic E-state index is 12.1. The molecule has 1 atom stereocenters. The number of carbonyl (C=O) groups is 1. The maximum absolute atomic E-state index is 12.1. The summed E-state index contributed by atoms with van der Waals surface area (Å²) >= 11 is -1.17. The smallest absolute Gasteiger partial charge is 0.306 e.